The summed E-state index contributed by atoms with van der Waals surface area (Å²) in [6.07, 6.45) is 9.74. The van der Waals surface area contributed by atoms with E-state index in [2.05, 4.69) is 22.5 Å². The van der Waals surface area contributed by atoms with E-state index in [9.17, 15) is 4.79 Å². The molecular formula is C20H22N4O. The summed E-state index contributed by atoms with van der Waals surface area (Å²) in [5, 5.41) is 8.63. The van der Waals surface area contributed by atoms with E-state index < -0.39 is 0 Å². The maximum atomic E-state index is 12.9. The van der Waals surface area contributed by atoms with Gasteiger partial charge in [0, 0.05) is 24.6 Å². The molecule has 0 N–H and O–H groups in total. The summed E-state index contributed by atoms with van der Waals surface area (Å²) >= 11 is 0. The van der Waals surface area contributed by atoms with Crippen LogP contribution in [0.4, 0.5) is 0 Å². The van der Waals surface area contributed by atoms with Crippen molar-refractivity contribution in [3.05, 3.63) is 48.7 Å². The van der Waals surface area contributed by atoms with Crippen molar-refractivity contribution in [2.75, 3.05) is 13.1 Å². The van der Waals surface area contributed by atoms with Crippen molar-refractivity contribution < 1.29 is 4.79 Å². The maximum Gasteiger partial charge on any atom is 0.226 e. The van der Waals surface area contributed by atoms with Crippen molar-refractivity contribution >= 4 is 5.91 Å². The third-order valence-electron chi connectivity index (χ3n) is 6.03. The molecule has 4 atom stereocenters. The molecule has 4 unspecified atom stereocenters. The van der Waals surface area contributed by atoms with Crippen LogP contribution in [0.5, 0.6) is 0 Å². The highest BCUT2D eigenvalue weighted by molar-refractivity contribution is 5.80. The van der Waals surface area contributed by atoms with Gasteiger partial charge in [0.15, 0.2) is 0 Å². The van der Waals surface area contributed by atoms with E-state index in [0.29, 0.717) is 17.7 Å². The number of fused-ring (bicyclic) bond motifs is 2. The third-order valence-corrected chi connectivity index (χ3v) is 6.03. The first-order valence-electron chi connectivity index (χ1n) is 9.22. The van der Waals surface area contributed by atoms with Gasteiger partial charge in [-0.05, 0) is 31.1 Å². The number of hydrogen-bond acceptors (Lipinski definition) is 3. The number of allylic oxidation sites excluding steroid dienone is 2. The second-order valence-electron chi connectivity index (χ2n) is 7.56. The predicted molar refractivity (Wildman–Crippen MR) is 94.5 cm³/mol. The second-order valence-corrected chi connectivity index (χ2v) is 7.56. The van der Waals surface area contributed by atoms with E-state index in [-0.39, 0.29) is 12.0 Å². The quantitative estimate of drug-likeness (QED) is 0.811. The van der Waals surface area contributed by atoms with Gasteiger partial charge in [0.05, 0.1) is 12.2 Å². The minimum Gasteiger partial charge on any atom is -0.340 e. The number of nitrogens with zero attached hydrogens (tertiary/aromatic N) is 4. The zero-order valence-corrected chi connectivity index (χ0v) is 14.2. The summed E-state index contributed by atoms with van der Waals surface area (Å²) in [5.41, 5.74) is 1.97. The van der Waals surface area contributed by atoms with Gasteiger partial charge in [-0.25, -0.2) is 4.68 Å². The van der Waals surface area contributed by atoms with Gasteiger partial charge in [0.2, 0.25) is 5.91 Å². The van der Waals surface area contributed by atoms with E-state index in [0.717, 1.165) is 37.2 Å². The van der Waals surface area contributed by atoms with E-state index >= 15 is 0 Å². The van der Waals surface area contributed by atoms with E-state index in [1.807, 2.05) is 46.1 Å². The van der Waals surface area contributed by atoms with Crippen molar-refractivity contribution in [2.45, 2.75) is 25.3 Å². The second kappa shape index (κ2) is 5.83. The molecule has 1 saturated carbocycles. The van der Waals surface area contributed by atoms with E-state index in [1.54, 1.807) is 0 Å². The molecule has 0 spiro atoms. The van der Waals surface area contributed by atoms with Crippen molar-refractivity contribution in [3.63, 3.8) is 0 Å². The largest absolute Gasteiger partial charge is 0.340 e. The molecule has 5 nitrogen and oxygen atoms in total. The number of likely N-dealkylation sites (tertiary alicyclic amines) is 1. The summed E-state index contributed by atoms with van der Waals surface area (Å²) in [4.78, 5) is 14.9. The average molecular weight is 334 g/mol. The molecule has 1 amide bonds. The Morgan fingerprint density at radius 2 is 2.00 bits per heavy atom. The van der Waals surface area contributed by atoms with Crippen molar-refractivity contribution in [1.29, 1.82) is 0 Å². The van der Waals surface area contributed by atoms with Gasteiger partial charge in [0.25, 0.3) is 0 Å². The number of amides is 1. The van der Waals surface area contributed by atoms with Crippen LogP contribution in [0.3, 0.4) is 0 Å². The highest BCUT2D eigenvalue weighted by Gasteiger charge is 2.42. The van der Waals surface area contributed by atoms with Crippen LogP contribution in [-0.2, 0) is 4.79 Å². The lowest BCUT2D eigenvalue weighted by atomic mass is 9.92. The average Bonchev–Trinajstić information content (AvgIpc) is 3.45. The van der Waals surface area contributed by atoms with E-state index in [1.165, 1.54) is 6.42 Å². The Hall–Kier alpha value is -2.43. The molecule has 128 valence electrons. The lowest BCUT2D eigenvalue weighted by Gasteiger charge is -2.24. The lowest BCUT2D eigenvalue weighted by molar-refractivity contribution is -0.135. The van der Waals surface area contributed by atoms with Gasteiger partial charge >= 0.3 is 0 Å². The van der Waals surface area contributed by atoms with Crippen LogP contribution in [0.15, 0.2) is 48.7 Å². The van der Waals surface area contributed by atoms with Crippen LogP contribution >= 0.6 is 0 Å². The highest BCUT2D eigenvalue weighted by Crippen LogP contribution is 2.44. The number of benzene rings is 1. The maximum absolute atomic E-state index is 12.9. The fraction of sp³-hybridized carbons (Fsp3) is 0.450. The van der Waals surface area contributed by atoms with Crippen molar-refractivity contribution in [3.8, 4) is 11.3 Å². The number of hydrogen-bond donors (Lipinski definition) is 0. The Balaban J connectivity index is 1.27. The fourth-order valence-electron chi connectivity index (χ4n) is 4.65. The third kappa shape index (κ3) is 2.58. The van der Waals surface area contributed by atoms with Crippen LogP contribution in [-0.4, -0.2) is 38.9 Å². The summed E-state index contributed by atoms with van der Waals surface area (Å²) in [6, 6.07) is 10.3. The van der Waals surface area contributed by atoms with Crippen molar-refractivity contribution in [1.82, 2.24) is 19.9 Å². The van der Waals surface area contributed by atoms with Gasteiger partial charge in [0.1, 0.15) is 5.69 Å². The van der Waals surface area contributed by atoms with Crippen LogP contribution in [0.1, 0.15) is 25.3 Å². The smallest absolute Gasteiger partial charge is 0.226 e. The number of carbonyl (C=O) groups is 1. The van der Waals surface area contributed by atoms with Crippen LogP contribution in [0, 0.1) is 17.8 Å². The minimum atomic E-state index is 0.212. The first kappa shape index (κ1) is 14.9. The van der Waals surface area contributed by atoms with Gasteiger partial charge in [-0.15, -0.1) is 5.10 Å². The summed E-state index contributed by atoms with van der Waals surface area (Å²) in [7, 11) is 0. The Morgan fingerprint density at radius 1 is 1.12 bits per heavy atom. The summed E-state index contributed by atoms with van der Waals surface area (Å²) in [5.74, 6) is 1.68. The number of aromatic nitrogens is 3. The molecule has 5 rings (SSSR count). The van der Waals surface area contributed by atoms with Gasteiger partial charge in [-0.3, -0.25) is 4.79 Å². The zero-order valence-electron chi connectivity index (χ0n) is 14.2. The molecule has 5 heteroatoms. The molecule has 2 aliphatic carbocycles. The monoisotopic (exact) mass is 334 g/mol. The zero-order chi connectivity index (χ0) is 16.8. The molecule has 1 aromatic heterocycles. The molecule has 2 bridgehead atoms. The highest BCUT2D eigenvalue weighted by atomic mass is 16.2. The predicted octanol–water partition coefficient (Wildman–Crippen LogP) is 2.93. The molecule has 1 saturated heterocycles. The molecule has 25 heavy (non-hydrogen) atoms. The molecule has 2 fully saturated rings. The number of rotatable bonds is 3. The summed E-state index contributed by atoms with van der Waals surface area (Å²) in [6.45, 7) is 1.59. The van der Waals surface area contributed by atoms with Crippen LogP contribution in [0.2, 0.25) is 0 Å². The Bertz CT molecular complexity index is 812. The fourth-order valence-corrected chi connectivity index (χ4v) is 4.65. The number of carbonyl (C=O) groups excluding carboxylic acids is 1. The molecular weight excluding hydrogens is 312 g/mol. The molecule has 3 aliphatic rings. The summed E-state index contributed by atoms with van der Waals surface area (Å²) < 4.78 is 1.94. The SMILES string of the molecule is O=C(C1CC2C=CC1C2)N1CCC(n2cc(-c3ccccc3)nn2)C1. The van der Waals surface area contributed by atoms with Gasteiger partial charge in [-0.1, -0.05) is 47.7 Å². The topological polar surface area (TPSA) is 51.0 Å². The Kier molecular flexibility index (Phi) is 3.47. The van der Waals surface area contributed by atoms with Crippen LogP contribution in [0.25, 0.3) is 11.3 Å². The molecule has 2 aromatic rings. The van der Waals surface area contributed by atoms with Gasteiger partial charge < -0.3 is 4.90 Å². The minimum absolute atomic E-state index is 0.212. The van der Waals surface area contributed by atoms with Gasteiger partial charge in [-0.2, -0.15) is 0 Å². The van der Waals surface area contributed by atoms with Crippen LogP contribution < -0.4 is 0 Å². The molecule has 0 radical (unpaired) electrons. The molecule has 1 aliphatic heterocycles. The standard InChI is InChI=1S/C20H22N4O/c25-20(18-11-14-6-7-16(18)10-14)23-9-8-17(12-23)24-13-19(21-22-24)15-4-2-1-3-5-15/h1-7,13-14,16-18H,8-12H2. The molecule has 1 aromatic carbocycles. The Morgan fingerprint density at radius 3 is 2.76 bits per heavy atom. The molecule has 2 heterocycles. The van der Waals surface area contributed by atoms with E-state index in [4.69, 9.17) is 0 Å². The first-order valence-corrected chi connectivity index (χ1v) is 9.22. The normalized spacial score (nSPS) is 30.3. The van der Waals surface area contributed by atoms with Crippen molar-refractivity contribution in [2.24, 2.45) is 17.8 Å². The first-order chi connectivity index (χ1) is 12.3. The lowest BCUT2D eigenvalue weighted by Crippen LogP contribution is -2.36. The Labute approximate surface area is 147 Å².